The van der Waals surface area contributed by atoms with Gasteiger partial charge in [0.2, 0.25) is 0 Å². The maximum atomic E-state index is 3.70. The molecule has 0 spiro atoms. The lowest BCUT2D eigenvalue weighted by Gasteiger charge is -2.59. The zero-order chi connectivity index (χ0) is 13.7. The summed E-state index contributed by atoms with van der Waals surface area (Å²) in [5, 5.41) is 3.70. The van der Waals surface area contributed by atoms with E-state index < -0.39 is 0 Å². The first-order valence-electron chi connectivity index (χ1n) is 8.42. The first-order valence-corrected chi connectivity index (χ1v) is 8.42. The number of hydrogen-bond donors (Lipinski definition) is 1. The van der Waals surface area contributed by atoms with E-state index in [1.165, 1.54) is 49.7 Å². The lowest BCUT2D eigenvalue weighted by atomic mass is 9.47. The van der Waals surface area contributed by atoms with E-state index in [-0.39, 0.29) is 0 Å². The van der Waals surface area contributed by atoms with E-state index in [1.54, 1.807) is 0 Å². The van der Waals surface area contributed by atoms with Gasteiger partial charge in [0.25, 0.3) is 0 Å². The van der Waals surface area contributed by atoms with Crippen molar-refractivity contribution >= 4 is 0 Å². The Bertz CT molecular complexity index is 469. The van der Waals surface area contributed by atoms with Crippen molar-refractivity contribution in [3.05, 3.63) is 35.4 Å². The SMILES string of the molecule is CNC(c1cccc(C)c1)C12CC3CC(CC(C3)C1)C2. The summed E-state index contributed by atoms with van der Waals surface area (Å²) in [7, 11) is 2.17. The summed E-state index contributed by atoms with van der Waals surface area (Å²) in [6, 6.07) is 9.76. The number of aryl methyl sites for hydroxylation is 1. The minimum Gasteiger partial charge on any atom is -0.313 e. The quantitative estimate of drug-likeness (QED) is 0.853. The van der Waals surface area contributed by atoms with Gasteiger partial charge in [-0.15, -0.1) is 0 Å². The fourth-order valence-electron chi connectivity index (χ4n) is 6.21. The Morgan fingerprint density at radius 3 is 2.15 bits per heavy atom. The second-order valence-corrected chi connectivity index (χ2v) is 7.92. The first-order chi connectivity index (χ1) is 9.68. The van der Waals surface area contributed by atoms with Crippen LogP contribution in [0.2, 0.25) is 0 Å². The van der Waals surface area contributed by atoms with Crippen LogP contribution >= 0.6 is 0 Å². The molecule has 1 heteroatoms. The Balaban J connectivity index is 1.70. The monoisotopic (exact) mass is 269 g/mol. The van der Waals surface area contributed by atoms with E-state index >= 15 is 0 Å². The highest BCUT2D eigenvalue weighted by molar-refractivity contribution is 5.28. The summed E-state index contributed by atoms with van der Waals surface area (Å²) < 4.78 is 0. The minimum absolute atomic E-state index is 0.553. The summed E-state index contributed by atoms with van der Waals surface area (Å²) in [5.41, 5.74) is 3.47. The van der Waals surface area contributed by atoms with Crippen molar-refractivity contribution in [1.82, 2.24) is 5.32 Å². The second-order valence-electron chi connectivity index (χ2n) is 7.92. The van der Waals surface area contributed by atoms with Crippen LogP contribution in [-0.4, -0.2) is 7.05 Å². The molecule has 5 rings (SSSR count). The van der Waals surface area contributed by atoms with Crippen molar-refractivity contribution in [2.45, 2.75) is 51.5 Å². The summed E-state index contributed by atoms with van der Waals surface area (Å²) in [6.45, 7) is 2.22. The van der Waals surface area contributed by atoms with Crippen molar-refractivity contribution in [1.29, 1.82) is 0 Å². The molecule has 0 radical (unpaired) electrons. The van der Waals surface area contributed by atoms with Crippen LogP contribution in [-0.2, 0) is 0 Å². The smallest absolute Gasteiger partial charge is 0.0375 e. The van der Waals surface area contributed by atoms with Gasteiger partial charge in [-0.3, -0.25) is 0 Å². The van der Waals surface area contributed by atoms with Crippen molar-refractivity contribution in [3.8, 4) is 0 Å². The molecule has 1 nitrogen and oxygen atoms in total. The van der Waals surface area contributed by atoms with E-state index in [9.17, 15) is 0 Å². The zero-order valence-electron chi connectivity index (χ0n) is 12.9. The highest BCUT2D eigenvalue weighted by Gasteiger charge is 2.54. The third-order valence-corrected chi connectivity index (χ3v) is 6.36. The number of nitrogens with one attached hydrogen (secondary N) is 1. The molecule has 4 aliphatic rings. The van der Waals surface area contributed by atoms with Crippen LogP contribution in [0.3, 0.4) is 0 Å². The van der Waals surface area contributed by atoms with Crippen molar-refractivity contribution in [3.63, 3.8) is 0 Å². The lowest BCUT2D eigenvalue weighted by Crippen LogP contribution is -2.51. The molecule has 108 valence electrons. The molecular weight excluding hydrogens is 242 g/mol. The Morgan fingerprint density at radius 1 is 1.05 bits per heavy atom. The van der Waals surface area contributed by atoms with Crippen molar-refractivity contribution in [2.75, 3.05) is 7.05 Å². The van der Waals surface area contributed by atoms with Crippen LogP contribution in [0.1, 0.15) is 55.7 Å². The third kappa shape index (κ3) is 1.94. The van der Waals surface area contributed by atoms with Crippen LogP contribution in [0.4, 0.5) is 0 Å². The molecule has 1 aromatic rings. The van der Waals surface area contributed by atoms with Gasteiger partial charge < -0.3 is 5.32 Å². The standard InChI is InChI=1S/C19H27N/c1-13-4-3-5-17(6-13)18(20-2)19-10-14-7-15(11-19)9-16(8-14)12-19/h3-6,14-16,18,20H,7-12H2,1-2H3. The Morgan fingerprint density at radius 2 is 1.65 bits per heavy atom. The average molecular weight is 269 g/mol. The van der Waals surface area contributed by atoms with E-state index in [0.29, 0.717) is 11.5 Å². The first kappa shape index (κ1) is 12.9. The van der Waals surface area contributed by atoms with Crippen LogP contribution in [0.25, 0.3) is 0 Å². The van der Waals surface area contributed by atoms with Crippen LogP contribution in [0, 0.1) is 30.1 Å². The maximum Gasteiger partial charge on any atom is 0.0375 e. The molecule has 4 saturated carbocycles. The summed E-state index contributed by atoms with van der Waals surface area (Å²) in [4.78, 5) is 0. The number of benzene rings is 1. The molecule has 0 amide bonds. The highest BCUT2D eigenvalue weighted by atomic mass is 14.9. The lowest BCUT2D eigenvalue weighted by molar-refractivity contribution is -0.0736. The van der Waals surface area contributed by atoms with E-state index in [1.807, 2.05) is 0 Å². The molecule has 0 aliphatic heterocycles. The zero-order valence-corrected chi connectivity index (χ0v) is 12.9. The molecule has 4 bridgehead atoms. The Hall–Kier alpha value is -0.820. The van der Waals surface area contributed by atoms with Crippen molar-refractivity contribution in [2.24, 2.45) is 23.2 Å². The van der Waals surface area contributed by atoms with Gasteiger partial charge >= 0.3 is 0 Å². The molecule has 1 unspecified atom stereocenters. The maximum absolute atomic E-state index is 3.70. The summed E-state index contributed by atoms with van der Waals surface area (Å²) in [5.74, 6) is 3.09. The van der Waals surface area contributed by atoms with Gasteiger partial charge in [-0.1, -0.05) is 29.8 Å². The van der Waals surface area contributed by atoms with E-state index in [2.05, 4.69) is 43.6 Å². The predicted molar refractivity (Wildman–Crippen MR) is 83.6 cm³/mol. The van der Waals surface area contributed by atoms with E-state index in [0.717, 1.165) is 17.8 Å². The Labute approximate surface area is 123 Å². The second kappa shape index (κ2) is 4.59. The van der Waals surface area contributed by atoms with Crippen LogP contribution in [0.5, 0.6) is 0 Å². The van der Waals surface area contributed by atoms with Gasteiger partial charge in [0.1, 0.15) is 0 Å². The normalized spacial score (nSPS) is 40.0. The van der Waals surface area contributed by atoms with Gasteiger partial charge in [0.05, 0.1) is 0 Å². The van der Waals surface area contributed by atoms with Crippen LogP contribution < -0.4 is 5.32 Å². The highest BCUT2D eigenvalue weighted by Crippen LogP contribution is 2.63. The predicted octanol–water partition coefficient (Wildman–Crippen LogP) is 4.47. The molecule has 1 N–H and O–H groups in total. The topological polar surface area (TPSA) is 12.0 Å². The molecule has 0 heterocycles. The van der Waals surface area contributed by atoms with Gasteiger partial charge in [0.15, 0.2) is 0 Å². The van der Waals surface area contributed by atoms with Gasteiger partial charge in [-0.05, 0) is 81.2 Å². The van der Waals surface area contributed by atoms with E-state index in [4.69, 9.17) is 0 Å². The molecule has 20 heavy (non-hydrogen) atoms. The molecule has 4 aliphatic carbocycles. The average Bonchev–Trinajstić information content (AvgIpc) is 2.37. The number of hydrogen-bond acceptors (Lipinski definition) is 1. The molecular formula is C19H27N. The number of rotatable bonds is 3. The molecule has 0 saturated heterocycles. The van der Waals surface area contributed by atoms with Gasteiger partial charge in [-0.2, -0.15) is 0 Å². The summed E-state index contributed by atoms with van der Waals surface area (Å²) in [6.07, 6.45) is 9.01. The van der Waals surface area contributed by atoms with Gasteiger partial charge in [0, 0.05) is 6.04 Å². The third-order valence-electron chi connectivity index (χ3n) is 6.36. The molecule has 0 aromatic heterocycles. The fraction of sp³-hybridized carbons (Fsp3) is 0.684. The Kier molecular flexibility index (Phi) is 2.96. The van der Waals surface area contributed by atoms with Gasteiger partial charge in [-0.25, -0.2) is 0 Å². The van der Waals surface area contributed by atoms with Crippen molar-refractivity contribution < 1.29 is 0 Å². The molecule has 4 fully saturated rings. The largest absolute Gasteiger partial charge is 0.313 e. The van der Waals surface area contributed by atoms with Crippen LogP contribution in [0.15, 0.2) is 24.3 Å². The summed E-state index contributed by atoms with van der Waals surface area (Å²) >= 11 is 0. The fourth-order valence-corrected chi connectivity index (χ4v) is 6.21. The minimum atomic E-state index is 0.553. The molecule has 1 aromatic carbocycles. The molecule has 1 atom stereocenters.